The Morgan fingerprint density at radius 3 is 2.73 bits per heavy atom. The maximum Gasteiger partial charge on any atom is 0.287 e. The van der Waals surface area contributed by atoms with E-state index >= 15 is 0 Å². The minimum absolute atomic E-state index is 0.0236. The van der Waals surface area contributed by atoms with Gasteiger partial charge in [0.05, 0.1) is 4.92 Å². The molecule has 26 heavy (non-hydrogen) atoms. The van der Waals surface area contributed by atoms with Gasteiger partial charge in [-0.25, -0.2) is 0 Å². The number of carbonyl (C=O) groups is 1. The highest BCUT2D eigenvalue weighted by molar-refractivity contribution is 7.09. The lowest BCUT2D eigenvalue weighted by Crippen LogP contribution is -2.38. The zero-order valence-electron chi connectivity index (χ0n) is 14.2. The quantitative estimate of drug-likeness (QED) is 0.595. The molecule has 1 aliphatic rings. The third-order valence-electron chi connectivity index (χ3n) is 4.62. The largest absolute Gasteiger partial charge is 0.352 e. The first-order chi connectivity index (χ1) is 12.5. The van der Waals surface area contributed by atoms with Crippen molar-refractivity contribution in [2.24, 2.45) is 5.92 Å². The summed E-state index contributed by atoms with van der Waals surface area (Å²) in [5.74, 6) is 0.204. The van der Waals surface area contributed by atoms with Gasteiger partial charge in [-0.15, -0.1) is 11.3 Å². The van der Waals surface area contributed by atoms with Gasteiger partial charge in [-0.1, -0.05) is 17.7 Å². The van der Waals surface area contributed by atoms with Crippen LogP contribution in [0, 0.1) is 16.0 Å². The Bertz CT molecular complexity index is 774. The standard InChI is InChI=1S/C18H20ClN3O3S/c19-16-10-14(3-4-17(16)22(24)25)18(23)20-11-13-5-7-21(8-6-13)12-15-2-1-9-26-15/h1-4,9-10,13H,5-8,11-12H2,(H,20,23). The van der Waals surface area contributed by atoms with E-state index in [0.717, 1.165) is 32.5 Å². The maximum absolute atomic E-state index is 12.2. The van der Waals surface area contributed by atoms with Crippen LogP contribution in [-0.4, -0.2) is 35.4 Å². The van der Waals surface area contributed by atoms with E-state index in [9.17, 15) is 14.9 Å². The van der Waals surface area contributed by atoms with Gasteiger partial charge >= 0.3 is 0 Å². The topological polar surface area (TPSA) is 75.5 Å². The fraction of sp³-hybridized carbons (Fsp3) is 0.389. The molecule has 8 heteroatoms. The highest BCUT2D eigenvalue weighted by atomic mass is 35.5. The van der Waals surface area contributed by atoms with Crippen molar-refractivity contribution < 1.29 is 9.72 Å². The molecule has 138 valence electrons. The number of hydrogen-bond donors (Lipinski definition) is 1. The Kier molecular flexibility index (Phi) is 6.24. The van der Waals surface area contributed by atoms with Gasteiger partial charge in [0, 0.05) is 29.6 Å². The van der Waals surface area contributed by atoms with Crippen LogP contribution in [0.2, 0.25) is 5.02 Å². The summed E-state index contributed by atoms with van der Waals surface area (Å²) < 4.78 is 0. The fourth-order valence-electron chi connectivity index (χ4n) is 3.11. The predicted molar refractivity (Wildman–Crippen MR) is 103 cm³/mol. The van der Waals surface area contributed by atoms with Crippen molar-refractivity contribution in [1.29, 1.82) is 0 Å². The van der Waals surface area contributed by atoms with E-state index in [1.165, 1.54) is 23.1 Å². The molecule has 0 spiro atoms. The lowest BCUT2D eigenvalue weighted by molar-refractivity contribution is -0.384. The highest BCUT2D eigenvalue weighted by Crippen LogP contribution is 2.25. The molecule has 1 aromatic carbocycles. The van der Waals surface area contributed by atoms with Crippen molar-refractivity contribution in [2.75, 3.05) is 19.6 Å². The van der Waals surface area contributed by atoms with E-state index in [-0.39, 0.29) is 16.6 Å². The monoisotopic (exact) mass is 393 g/mol. The molecule has 0 unspecified atom stereocenters. The van der Waals surface area contributed by atoms with Crippen LogP contribution in [0.5, 0.6) is 0 Å². The molecule has 1 aliphatic heterocycles. The summed E-state index contributed by atoms with van der Waals surface area (Å²) >= 11 is 7.65. The summed E-state index contributed by atoms with van der Waals surface area (Å²) in [6, 6.07) is 8.28. The molecule has 0 radical (unpaired) electrons. The molecule has 1 aromatic heterocycles. The van der Waals surface area contributed by atoms with E-state index in [2.05, 4.69) is 27.7 Å². The number of nitrogens with one attached hydrogen (secondary N) is 1. The lowest BCUT2D eigenvalue weighted by atomic mass is 9.96. The maximum atomic E-state index is 12.2. The van der Waals surface area contributed by atoms with E-state index < -0.39 is 4.92 Å². The normalized spacial score (nSPS) is 15.7. The van der Waals surface area contributed by atoms with Gasteiger partial charge in [0.1, 0.15) is 5.02 Å². The average molecular weight is 394 g/mol. The molecule has 2 heterocycles. The number of piperidine rings is 1. The zero-order chi connectivity index (χ0) is 18.5. The van der Waals surface area contributed by atoms with Gasteiger partial charge in [0.15, 0.2) is 0 Å². The highest BCUT2D eigenvalue weighted by Gasteiger charge is 2.21. The van der Waals surface area contributed by atoms with Crippen LogP contribution in [0.1, 0.15) is 28.1 Å². The molecule has 2 aromatic rings. The lowest BCUT2D eigenvalue weighted by Gasteiger charge is -2.31. The number of nitrogens with zero attached hydrogens (tertiary/aromatic N) is 2. The van der Waals surface area contributed by atoms with Gasteiger partial charge in [-0.3, -0.25) is 19.8 Å². The van der Waals surface area contributed by atoms with Crippen molar-refractivity contribution in [3.05, 3.63) is 61.3 Å². The first kappa shape index (κ1) is 18.8. The van der Waals surface area contributed by atoms with E-state index in [1.54, 1.807) is 11.3 Å². The molecule has 6 nitrogen and oxygen atoms in total. The van der Waals surface area contributed by atoms with Crippen LogP contribution in [-0.2, 0) is 6.54 Å². The zero-order valence-corrected chi connectivity index (χ0v) is 15.8. The minimum atomic E-state index is -0.562. The Balaban J connectivity index is 1.45. The summed E-state index contributed by atoms with van der Waals surface area (Å²) in [6.45, 7) is 3.67. The number of halogens is 1. The number of nitro benzene ring substituents is 1. The number of nitro groups is 1. The number of amides is 1. The molecule has 0 atom stereocenters. The summed E-state index contributed by atoms with van der Waals surface area (Å²) in [5, 5.41) is 15.8. The summed E-state index contributed by atoms with van der Waals surface area (Å²) in [7, 11) is 0. The number of benzene rings is 1. The first-order valence-corrected chi connectivity index (χ1v) is 9.75. The van der Waals surface area contributed by atoms with E-state index in [4.69, 9.17) is 11.6 Å². The SMILES string of the molecule is O=C(NCC1CCN(Cc2cccs2)CC1)c1ccc([N+](=O)[O-])c(Cl)c1. The number of hydrogen-bond acceptors (Lipinski definition) is 5. The summed E-state index contributed by atoms with van der Waals surface area (Å²) in [4.78, 5) is 26.3. The molecular formula is C18H20ClN3O3S. The smallest absolute Gasteiger partial charge is 0.287 e. The van der Waals surface area contributed by atoms with Gasteiger partial charge < -0.3 is 5.32 Å². The Morgan fingerprint density at radius 2 is 2.12 bits per heavy atom. The third kappa shape index (κ3) is 4.81. The molecule has 1 saturated heterocycles. The second-order valence-corrected chi connectivity index (χ2v) is 7.87. The molecule has 0 saturated carbocycles. The minimum Gasteiger partial charge on any atom is -0.352 e. The number of carbonyl (C=O) groups excluding carboxylic acids is 1. The number of rotatable bonds is 6. The summed E-state index contributed by atoms with van der Waals surface area (Å²) in [5.41, 5.74) is 0.150. The van der Waals surface area contributed by atoms with E-state index in [1.807, 2.05) is 0 Å². The molecule has 0 aliphatic carbocycles. The van der Waals surface area contributed by atoms with Crippen LogP contribution in [0.15, 0.2) is 35.7 Å². The molecule has 1 amide bonds. The molecule has 1 fully saturated rings. The number of thiophene rings is 1. The van der Waals surface area contributed by atoms with Crippen molar-refractivity contribution in [2.45, 2.75) is 19.4 Å². The Morgan fingerprint density at radius 1 is 1.35 bits per heavy atom. The van der Waals surface area contributed by atoms with Crippen LogP contribution in [0.4, 0.5) is 5.69 Å². The molecule has 3 rings (SSSR count). The van der Waals surface area contributed by atoms with Crippen molar-refractivity contribution in [1.82, 2.24) is 10.2 Å². The van der Waals surface area contributed by atoms with Gasteiger partial charge in [-0.2, -0.15) is 0 Å². The van der Waals surface area contributed by atoms with Crippen LogP contribution in [0.25, 0.3) is 0 Å². The number of likely N-dealkylation sites (tertiary alicyclic amines) is 1. The van der Waals surface area contributed by atoms with Gasteiger partial charge in [0.2, 0.25) is 0 Å². The van der Waals surface area contributed by atoms with Crippen molar-refractivity contribution in [3.8, 4) is 0 Å². The molecular weight excluding hydrogens is 374 g/mol. The summed E-state index contributed by atoms with van der Waals surface area (Å²) in [6.07, 6.45) is 2.10. The van der Waals surface area contributed by atoms with Crippen LogP contribution >= 0.6 is 22.9 Å². The van der Waals surface area contributed by atoms with Crippen LogP contribution < -0.4 is 5.32 Å². The van der Waals surface area contributed by atoms with E-state index in [0.29, 0.717) is 18.0 Å². The average Bonchev–Trinajstić information content (AvgIpc) is 3.13. The Hall–Kier alpha value is -1.96. The molecule has 0 bridgehead atoms. The Labute approximate surface area is 160 Å². The van der Waals surface area contributed by atoms with Crippen LogP contribution in [0.3, 0.4) is 0 Å². The van der Waals surface area contributed by atoms with Gasteiger partial charge in [-0.05, 0) is 55.4 Å². The predicted octanol–water partition coefficient (Wildman–Crippen LogP) is 3.95. The third-order valence-corrected chi connectivity index (χ3v) is 5.79. The first-order valence-electron chi connectivity index (χ1n) is 8.50. The second kappa shape index (κ2) is 8.62. The molecule has 1 N–H and O–H groups in total. The van der Waals surface area contributed by atoms with Crippen molar-refractivity contribution >= 4 is 34.5 Å². The van der Waals surface area contributed by atoms with Crippen molar-refractivity contribution in [3.63, 3.8) is 0 Å². The fourth-order valence-corrected chi connectivity index (χ4v) is 4.10. The van der Waals surface area contributed by atoms with Gasteiger partial charge in [0.25, 0.3) is 11.6 Å². The second-order valence-electron chi connectivity index (χ2n) is 6.43.